The first kappa shape index (κ1) is 8.51. The third-order valence-electron chi connectivity index (χ3n) is 2.39. The summed E-state index contributed by atoms with van der Waals surface area (Å²) in [5.41, 5.74) is 6.95. The fourth-order valence-electron chi connectivity index (χ4n) is 1.60. The Bertz CT molecular complexity index is 338. The molecule has 0 aromatic heterocycles. The van der Waals surface area contributed by atoms with E-state index in [2.05, 4.69) is 0 Å². The highest BCUT2D eigenvalue weighted by Crippen LogP contribution is 2.33. The summed E-state index contributed by atoms with van der Waals surface area (Å²) in [6.45, 7) is 2.31. The van der Waals surface area contributed by atoms with Gasteiger partial charge in [0.2, 0.25) is 0 Å². The standard InChI is InChI=1S/C10H12FNO/c1-6-2-3-8-9(10(6)11)7(12)4-5-13-8/h2-3,7H,4-5,12H2,1H3. The predicted molar refractivity (Wildman–Crippen MR) is 48.2 cm³/mol. The minimum Gasteiger partial charge on any atom is -0.493 e. The molecular formula is C10H12FNO. The van der Waals surface area contributed by atoms with Crippen LogP contribution >= 0.6 is 0 Å². The molecule has 0 amide bonds. The number of rotatable bonds is 0. The second-order valence-corrected chi connectivity index (χ2v) is 3.35. The monoisotopic (exact) mass is 181 g/mol. The van der Waals surface area contributed by atoms with E-state index in [0.29, 0.717) is 29.9 Å². The van der Waals surface area contributed by atoms with E-state index < -0.39 is 0 Å². The van der Waals surface area contributed by atoms with Gasteiger partial charge in [0.1, 0.15) is 11.6 Å². The molecule has 0 fully saturated rings. The first-order valence-corrected chi connectivity index (χ1v) is 4.37. The first-order valence-electron chi connectivity index (χ1n) is 4.37. The normalized spacial score (nSPS) is 20.7. The van der Waals surface area contributed by atoms with Crippen molar-refractivity contribution in [1.29, 1.82) is 0 Å². The van der Waals surface area contributed by atoms with Crippen LogP contribution in [0, 0.1) is 12.7 Å². The van der Waals surface area contributed by atoms with Crippen LogP contribution in [0.3, 0.4) is 0 Å². The first-order chi connectivity index (χ1) is 6.20. The summed E-state index contributed by atoms with van der Waals surface area (Å²) in [4.78, 5) is 0. The zero-order valence-electron chi connectivity index (χ0n) is 7.51. The predicted octanol–water partition coefficient (Wildman–Crippen LogP) is 1.92. The van der Waals surface area contributed by atoms with E-state index in [1.54, 1.807) is 19.1 Å². The topological polar surface area (TPSA) is 35.2 Å². The Morgan fingerprint density at radius 2 is 2.31 bits per heavy atom. The molecule has 0 radical (unpaired) electrons. The van der Waals surface area contributed by atoms with Crippen LogP contribution in [-0.2, 0) is 0 Å². The second kappa shape index (κ2) is 3.00. The summed E-state index contributed by atoms with van der Waals surface area (Å²) in [6.07, 6.45) is 0.688. The average molecular weight is 181 g/mol. The summed E-state index contributed by atoms with van der Waals surface area (Å²) in [6, 6.07) is 3.28. The number of hydrogen-bond donors (Lipinski definition) is 1. The molecule has 2 rings (SSSR count). The molecule has 0 saturated heterocycles. The van der Waals surface area contributed by atoms with Gasteiger partial charge < -0.3 is 10.5 Å². The molecule has 0 aliphatic carbocycles. The third kappa shape index (κ3) is 1.29. The number of nitrogens with two attached hydrogens (primary N) is 1. The maximum Gasteiger partial charge on any atom is 0.134 e. The minimum atomic E-state index is -0.219. The van der Waals surface area contributed by atoms with E-state index in [-0.39, 0.29) is 11.9 Å². The Morgan fingerprint density at radius 3 is 3.08 bits per heavy atom. The van der Waals surface area contributed by atoms with Crippen molar-refractivity contribution in [2.45, 2.75) is 19.4 Å². The van der Waals surface area contributed by atoms with Gasteiger partial charge in [-0.15, -0.1) is 0 Å². The van der Waals surface area contributed by atoms with Crippen LogP contribution in [0.5, 0.6) is 5.75 Å². The molecule has 0 saturated carbocycles. The Kier molecular flexibility index (Phi) is 1.96. The van der Waals surface area contributed by atoms with Crippen molar-refractivity contribution in [3.05, 3.63) is 29.1 Å². The highest BCUT2D eigenvalue weighted by atomic mass is 19.1. The van der Waals surface area contributed by atoms with E-state index in [9.17, 15) is 4.39 Å². The second-order valence-electron chi connectivity index (χ2n) is 3.35. The van der Waals surface area contributed by atoms with Gasteiger partial charge in [0.15, 0.2) is 0 Å². The largest absolute Gasteiger partial charge is 0.493 e. The lowest BCUT2D eigenvalue weighted by Crippen LogP contribution is -2.22. The Balaban J connectivity index is 2.58. The molecule has 0 spiro atoms. The smallest absolute Gasteiger partial charge is 0.134 e. The van der Waals surface area contributed by atoms with E-state index in [1.807, 2.05) is 0 Å². The van der Waals surface area contributed by atoms with Gasteiger partial charge in [-0.25, -0.2) is 4.39 Å². The highest BCUT2D eigenvalue weighted by Gasteiger charge is 2.22. The van der Waals surface area contributed by atoms with Gasteiger partial charge in [0.05, 0.1) is 6.61 Å². The van der Waals surface area contributed by atoms with Gasteiger partial charge in [-0.3, -0.25) is 0 Å². The Morgan fingerprint density at radius 1 is 1.54 bits per heavy atom. The molecule has 1 atom stereocenters. The molecule has 2 nitrogen and oxygen atoms in total. The van der Waals surface area contributed by atoms with Crippen LogP contribution in [0.15, 0.2) is 12.1 Å². The number of fused-ring (bicyclic) bond motifs is 1. The van der Waals surface area contributed by atoms with Crippen LogP contribution in [0.4, 0.5) is 4.39 Å². The SMILES string of the molecule is Cc1ccc2c(c1F)C(N)CCO2. The third-order valence-corrected chi connectivity index (χ3v) is 2.39. The van der Waals surface area contributed by atoms with Crippen molar-refractivity contribution in [1.82, 2.24) is 0 Å². The average Bonchev–Trinajstić information content (AvgIpc) is 2.12. The van der Waals surface area contributed by atoms with Gasteiger partial charge in [-0.05, 0) is 18.6 Å². The van der Waals surface area contributed by atoms with Crippen molar-refractivity contribution in [2.75, 3.05) is 6.61 Å². The maximum absolute atomic E-state index is 13.6. The molecule has 3 heteroatoms. The molecule has 70 valence electrons. The molecule has 13 heavy (non-hydrogen) atoms. The van der Waals surface area contributed by atoms with Crippen LogP contribution in [-0.4, -0.2) is 6.61 Å². The van der Waals surface area contributed by atoms with E-state index >= 15 is 0 Å². The fourth-order valence-corrected chi connectivity index (χ4v) is 1.60. The zero-order chi connectivity index (χ0) is 9.42. The molecule has 1 aromatic carbocycles. The molecular weight excluding hydrogens is 169 g/mol. The Labute approximate surface area is 76.5 Å². The number of benzene rings is 1. The van der Waals surface area contributed by atoms with E-state index in [1.165, 1.54) is 0 Å². The van der Waals surface area contributed by atoms with Crippen molar-refractivity contribution in [3.8, 4) is 5.75 Å². The van der Waals surface area contributed by atoms with Gasteiger partial charge in [-0.1, -0.05) is 6.07 Å². The molecule has 1 aliphatic rings. The lowest BCUT2D eigenvalue weighted by atomic mass is 9.98. The van der Waals surface area contributed by atoms with E-state index in [4.69, 9.17) is 10.5 Å². The molecule has 1 unspecified atom stereocenters. The van der Waals surface area contributed by atoms with Gasteiger partial charge >= 0.3 is 0 Å². The van der Waals surface area contributed by atoms with Gasteiger partial charge in [-0.2, -0.15) is 0 Å². The lowest BCUT2D eigenvalue weighted by Gasteiger charge is -2.23. The van der Waals surface area contributed by atoms with E-state index in [0.717, 1.165) is 0 Å². The Hall–Kier alpha value is -1.09. The van der Waals surface area contributed by atoms with Crippen LogP contribution in [0.25, 0.3) is 0 Å². The van der Waals surface area contributed by atoms with Crippen LogP contribution in [0.1, 0.15) is 23.6 Å². The lowest BCUT2D eigenvalue weighted by molar-refractivity contribution is 0.263. The summed E-state index contributed by atoms with van der Waals surface area (Å²) < 4.78 is 18.9. The highest BCUT2D eigenvalue weighted by molar-refractivity contribution is 5.41. The molecule has 0 bridgehead atoms. The summed E-state index contributed by atoms with van der Waals surface area (Å²) in [7, 11) is 0. The maximum atomic E-state index is 13.6. The van der Waals surface area contributed by atoms with Crippen LogP contribution in [0.2, 0.25) is 0 Å². The number of hydrogen-bond acceptors (Lipinski definition) is 2. The summed E-state index contributed by atoms with van der Waals surface area (Å²) in [5, 5.41) is 0. The quantitative estimate of drug-likeness (QED) is 0.663. The summed E-state index contributed by atoms with van der Waals surface area (Å²) >= 11 is 0. The van der Waals surface area contributed by atoms with Crippen molar-refractivity contribution >= 4 is 0 Å². The van der Waals surface area contributed by atoms with Gasteiger partial charge in [0, 0.05) is 18.0 Å². The zero-order valence-corrected chi connectivity index (χ0v) is 7.51. The molecule has 1 heterocycles. The van der Waals surface area contributed by atoms with Crippen molar-refractivity contribution in [3.63, 3.8) is 0 Å². The van der Waals surface area contributed by atoms with Crippen molar-refractivity contribution in [2.24, 2.45) is 5.73 Å². The summed E-state index contributed by atoms with van der Waals surface area (Å²) in [5.74, 6) is 0.381. The molecule has 1 aliphatic heterocycles. The number of aryl methyl sites for hydroxylation is 1. The number of ether oxygens (including phenoxy) is 1. The molecule has 2 N–H and O–H groups in total. The van der Waals surface area contributed by atoms with Gasteiger partial charge in [0.25, 0.3) is 0 Å². The fraction of sp³-hybridized carbons (Fsp3) is 0.400. The van der Waals surface area contributed by atoms with Crippen LogP contribution < -0.4 is 10.5 Å². The molecule has 1 aromatic rings. The number of halogens is 1. The van der Waals surface area contributed by atoms with Crippen molar-refractivity contribution < 1.29 is 9.13 Å². The minimum absolute atomic E-state index is 0.218.